The Bertz CT molecular complexity index is 162. The van der Waals surface area contributed by atoms with Crippen LogP contribution < -0.4 is 5.73 Å². The van der Waals surface area contributed by atoms with Gasteiger partial charge in [0.1, 0.15) is 0 Å². The number of aliphatic hydroxyl groups is 1. The van der Waals surface area contributed by atoms with E-state index in [1.54, 1.807) is 0 Å². The second-order valence-corrected chi connectivity index (χ2v) is 4.25. The molecule has 0 amide bonds. The van der Waals surface area contributed by atoms with Crippen molar-refractivity contribution >= 4 is 0 Å². The van der Waals surface area contributed by atoms with E-state index in [0.717, 1.165) is 26.3 Å². The molecule has 0 aliphatic carbocycles. The number of ether oxygens (including phenoxy) is 1. The molecule has 1 fully saturated rings. The first-order valence-corrected chi connectivity index (χ1v) is 4.75. The second kappa shape index (κ2) is 4.37. The summed E-state index contributed by atoms with van der Waals surface area (Å²) in [5, 5.41) is 8.85. The average Bonchev–Trinajstić information content (AvgIpc) is 2.08. The van der Waals surface area contributed by atoms with Crippen molar-refractivity contribution in [3.63, 3.8) is 0 Å². The smallest absolute Gasteiger partial charge is 0.0645 e. The summed E-state index contributed by atoms with van der Waals surface area (Å²) >= 11 is 0. The molecule has 4 heteroatoms. The van der Waals surface area contributed by atoms with Crippen LogP contribution in [0.2, 0.25) is 0 Å². The van der Waals surface area contributed by atoms with Crippen LogP contribution in [0.1, 0.15) is 13.8 Å². The van der Waals surface area contributed by atoms with Crippen LogP contribution in [0.5, 0.6) is 0 Å². The van der Waals surface area contributed by atoms with E-state index in [2.05, 4.69) is 18.7 Å². The maximum atomic E-state index is 8.85. The van der Waals surface area contributed by atoms with Gasteiger partial charge in [0, 0.05) is 24.7 Å². The first kappa shape index (κ1) is 10.9. The van der Waals surface area contributed by atoms with Crippen LogP contribution in [0.3, 0.4) is 0 Å². The number of aliphatic hydroxyl groups excluding tert-OH is 1. The Morgan fingerprint density at radius 3 is 2.85 bits per heavy atom. The minimum absolute atomic E-state index is 0.0467. The Balaban J connectivity index is 2.46. The lowest BCUT2D eigenvalue weighted by atomic mass is 10.0. The Hall–Kier alpha value is -0.160. The molecule has 0 bridgehead atoms. The maximum Gasteiger partial charge on any atom is 0.0645 e. The fourth-order valence-electron chi connectivity index (χ4n) is 1.57. The molecule has 3 N–H and O–H groups in total. The van der Waals surface area contributed by atoms with Crippen LogP contribution in [-0.4, -0.2) is 54.5 Å². The standard InChI is InChI=1S/C9H20N2O2/c1-9(2)7-13-4-3-11(9)5-8(10)6-12/h8,12H,3-7,10H2,1-2H3. The molecule has 13 heavy (non-hydrogen) atoms. The zero-order valence-corrected chi connectivity index (χ0v) is 8.49. The highest BCUT2D eigenvalue weighted by Crippen LogP contribution is 2.18. The predicted molar refractivity (Wildman–Crippen MR) is 51.5 cm³/mol. The van der Waals surface area contributed by atoms with Crippen molar-refractivity contribution in [2.75, 3.05) is 32.9 Å². The van der Waals surface area contributed by atoms with Crippen molar-refractivity contribution in [1.82, 2.24) is 4.90 Å². The van der Waals surface area contributed by atoms with Crippen LogP contribution in [-0.2, 0) is 4.74 Å². The lowest BCUT2D eigenvalue weighted by Gasteiger charge is -2.43. The number of hydrogen-bond donors (Lipinski definition) is 2. The first-order chi connectivity index (χ1) is 6.06. The van der Waals surface area contributed by atoms with Gasteiger partial charge in [-0.1, -0.05) is 0 Å². The molecule has 78 valence electrons. The molecule has 1 aliphatic heterocycles. The molecular weight excluding hydrogens is 168 g/mol. The third kappa shape index (κ3) is 2.91. The van der Waals surface area contributed by atoms with Crippen molar-refractivity contribution < 1.29 is 9.84 Å². The maximum absolute atomic E-state index is 8.85. The summed E-state index contributed by atoms with van der Waals surface area (Å²) in [7, 11) is 0. The number of rotatable bonds is 3. The fourth-order valence-corrected chi connectivity index (χ4v) is 1.57. The molecule has 0 aromatic carbocycles. The van der Waals surface area contributed by atoms with Crippen LogP contribution in [0.15, 0.2) is 0 Å². The first-order valence-electron chi connectivity index (χ1n) is 4.75. The van der Waals surface area contributed by atoms with Gasteiger partial charge in [-0.3, -0.25) is 4.90 Å². The van der Waals surface area contributed by atoms with Crippen molar-refractivity contribution in [2.24, 2.45) is 5.73 Å². The molecule has 4 nitrogen and oxygen atoms in total. The molecule has 1 unspecified atom stereocenters. The van der Waals surface area contributed by atoms with Crippen LogP contribution >= 0.6 is 0 Å². The third-order valence-electron chi connectivity index (χ3n) is 2.51. The van der Waals surface area contributed by atoms with Crippen molar-refractivity contribution in [2.45, 2.75) is 25.4 Å². The Morgan fingerprint density at radius 1 is 1.62 bits per heavy atom. The van der Waals surface area contributed by atoms with Gasteiger partial charge < -0.3 is 15.6 Å². The van der Waals surface area contributed by atoms with E-state index in [1.807, 2.05) is 0 Å². The summed E-state index contributed by atoms with van der Waals surface area (Å²) in [5.74, 6) is 0. The summed E-state index contributed by atoms with van der Waals surface area (Å²) < 4.78 is 5.39. The van der Waals surface area contributed by atoms with Crippen LogP contribution in [0.4, 0.5) is 0 Å². The number of morpholine rings is 1. The molecule has 1 heterocycles. The fraction of sp³-hybridized carbons (Fsp3) is 1.00. The molecule has 1 saturated heterocycles. The highest BCUT2D eigenvalue weighted by molar-refractivity contribution is 4.86. The van der Waals surface area contributed by atoms with Gasteiger partial charge in [-0.05, 0) is 13.8 Å². The van der Waals surface area contributed by atoms with E-state index in [0.29, 0.717) is 0 Å². The number of nitrogens with two attached hydrogens (primary N) is 1. The van der Waals surface area contributed by atoms with Gasteiger partial charge >= 0.3 is 0 Å². The molecule has 0 radical (unpaired) electrons. The van der Waals surface area contributed by atoms with E-state index in [-0.39, 0.29) is 18.2 Å². The van der Waals surface area contributed by atoms with Gasteiger partial charge in [0.25, 0.3) is 0 Å². The molecule has 0 spiro atoms. The van der Waals surface area contributed by atoms with E-state index in [1.165, 1.54) is 0 Å². The van der Waals surface area contributed by atoms with Gasteiger partial charge in [-0.25, -0.2) is 0 Å². The van der Waals surface area contributed by atoms with Gasteiger partial charge in [0.2, 0.25) is 0 Å². The van der Waals surface area contributed by atoms with Crippen molar-refractivity contribution in [3.05, 3.63) is 0 Å². The normalized spacial score (nSPS) is 25.8. The minimum atomic E-state index is -0.141. The van der Waals surface area contributed by atoms with Crippen LogP contribution in [0.25, 0.3) is 0 Å². The van der Waals surface area contributed by atoms with Crippen molar-refractivity contribution in [1.29, 1.82) is 0 Å². The van der Waals surface area contributed by atoms with Gasteiger partial charge in [0.15, 0.2) is 0 Å². The molecule has 0 aromatic heterocycles. The monoisotopic (exact) mass is 188 g/mol. The van der Waals surface area contributed by atoms with E-state index >= 15 is 0 Å². The largest absolute Gasteiger partial charge is 0.395 e. The van der Waals surface area contributed by atoms with Gasteiger partial charge in [-0.15, -0.1) is 0 Å². The van der Waals surface area contributed by atoms with E-state index < -0.39 is 0 Å². The Labute approximate surface area is 79.7 Å². The lowest BCUT2D eigenvalue weighted by molar-refractivity contribution is -0.0547. The molecule has 0 saturated carbocycles. The highest BCUT2D eigenvalue weighted by Gasteiger charge is 2.30. The molecule has 1 atom stereocenters. The highest BCUT2D eigenvalue weighted by atomic mass is 16.5. The summed E-state index contributed by atoms with van der Waals surface area (Å²) in [5.41, 5.74) is 5.74. The third-order valence-corrected chi connectivity index (χ3v) is 2.51. The minimum Gasteiger partial charge on any atom is -0.395 e. The van der Waals surface area contributed by atoms with E-state index in [9.17, 15) is 0 Å². The summed E-state index contributed by atoms with van der Waals surface area (Å²) in [6, 6.07) is -0.141. The predicted octanol–water partition coefficient (Wildman–Crippen LogP) is -0.583. The number of hydrogen-bond acceptors (Lipinski definition) is 4. The zero-order chi connectivity index (χ0) is 9.90. The topological polar surface area (TPSA) is 58.7 Å². The van der Waals surface area contributed by atoms with E-state index in [4.69, 9.17) is 15.6 Å². The Kier molecular flexibility index (Phi) is 3.67. The molecule has 1 rings (SSSR count). The summed E-state index contributed by atoms with van der Waals surface area (Å²) in [4.78, 5) is 2.28. The summed E-state index contributed by atoms with van der Waals surface area (Å²) in [6.45, 7) is 7.47. The molecular formula is C9H20N2O2. The summed E-state index contributed by atoms with van der Waals surface area (Å²) in [6.07, 6.45) is 0. The van der Waals surface area contributed by atoms with Crippen molar-refractivity contribution in [3.8, 4) is 0 Å². The molecule has 1 aliphatic rings. The SMILES string of the molecule is CC1(C)COCCN1CC(N)CO. The quantitative estimate of drug-likeness (QED) is 0.622. The zero-order valence-electron chi connectivity index (χ0n) is 8.49. The average molecular weight is 188 g/mol. The van der Waals surface area contributed by atoms with Gasteiger partial charge in [-0.2, -0.15) is 0 Å². The number of nitrogens with zero attached hydrogens (tertiary/aromatic N) is 1. The van der Waals surface area contributed by atoms with Crippen LogP contribution in [0, 0.1) is 0 Å². The Morgan fingerprint density at radius 2 is 2.31 bits per heavy atom. The lowest BCUT2D eigenvalue weighted by Crippen LogP contribution is -2.56. The second-order valence-electron chi connectivity index (χ2n) is 4.25. The van der Waals surface area contributed by atoms with Gasteiger partial charge in [0.05, 0.1) is 19.8 Å². The molecule has 0 aromatic rings.